The van der Waals surface area contributed by atoms with Crippen LogP contribution in [-0.4, -0.2) is 59.6 Å². The third-order valence-corrected chi connectivity index (χ3v) is 6.23. The maximum absolute atomic E-state index is 13.1. The Morgan fingerprint density at radius 1 is 1.27 bits per heavy atom. The minimum Gasteiger partial charge on any atom is -0.381 e. The molecule has 0 bridgehead atoms. The number of aromatic nitrogens is 1. The number of piperidine rings is 1. The first-order valence-electron chi connectivity index (χ1n) is 9.90. The number of allylic oxidation sites excluding steroid dienone is 1. The van der Waals surface area contributed by atoms with E-state index >= 15 is 0 Å². The minimum atomic E-state index is 0.256. The van der Waals surface area contributed by atoms with Gasteiger partial charge in [-0.25, -0.2) is 0 Å². The first kappa shape index (κ1) is 17.7. The van der Waals surface area contributed by atoms with Gasteiger partial charge in [-0.3, -0.25) is 14.7 Å². The Hall–Kier alpha value is -1.72. The van der Waals surface area contributed by atoms with E-state index in [1.807, 2.05) is 19.5 Å². The summed E-state index contributed by atoms with van der Waals surface area (Å²) in [4.78, 5) is 21.9. The molecule has 0 radical (unpaired) electrons. The van der Waals surface area contributed by atoms with Gasteiger partial charge in [0.2, 0.25) is 5.91 Å². The topological polar surface area (TPSA) is 45.7 Å². The number of methoxy groups -OCH3 is 1. The van der Waals surface area contributed by atoms with Crippen LogP contribution in [0.1, 0.15) is 37.7 Å². The number of hydrogen-bond acceptors (Lipinski definition) is 4. The summed E-state index contributed by atoms with van der Waals surface area (Å²) in [5, 5.41) is 0. The van der Waals surface area contributed by atoms with Crippen molar-refractivity contribution in [2.75, 3.05) is 26.7 Å². The standard InChI is InChI=1S/C21H29N3O2/c1-26-20-9-12-24(21(25)17-5-3-2-4-6-17)19-15-23(14-18(19)20)13-16-7-10-22-11-8-16/h5,7-8,10-11,18-20H,2-4,6,9,12-15H2,1H3/t18-,19+,20+/m0/s1. The fourth-order valence-corrected chi connectivity index (χ4v) is 4.87. The lowest BCUT2D eigenvalue weighted by molar-refractivity contribution is -0.134. The molecule has 26 heavy (non-hydrogen) atoms. The van der Waals surface area contributed by atoms with Crippen LogP contribution in [0.4, 0.5) is 0 Å². The maximum Gasteiger partial charge on any atom is 0.249 e. The average molecular weight is 355 g/mol. The van der Waals surface area contributed by atoms with Gasteiger partial charge in [-0.15, -0.1) is 0 Å². The number of carbonyl (C=O) groups excluding carboxylic acids is 1. The van der Waals surface area contributed by atoms with E-state index in [1.54, 1.807) is 0 Å². The highest BCUT2D eigenvalue weighted by Crippen LogP contribution is 2.34. The Morgan fingerprint density at radius 2 is 2.12 bits per heavy atom. The second-order valence-corrected chi connectivity index (χ2v) is 7.82. The van der Waals surface area contributed by atoms with Crippen LogP contribution in [0.2, 0.25) is 0 Å². The molecule has 0 saturated carbocycles. The number of likely N-dealkylation sites (tertiary alicyclic amines) is 2. The highest BCUT2D eigenvalue weighted by molar-refractivity contribution is 5.94. The molecule has 5 nitrogen and oxygen atoms in total. The van der Waals surface area contributed by atoms with Crippen molar-refractivity contribution < 1.29 is 9.53 Å². The number of carbonyl (C=O) groups is 1. The molecular weight excluding hydrogens is 326 g/mol. The molecule has 5 heteroatoms. The maximum atomic E-state index is 13.1. The van der Waals surface area contributed by atoms with Gasteiger partial charge >= 0.3 is 0 Å². The number of ether oxygens (including phenoxy) is 1. The van der Waals surface area contributed by atoms with Gasteiger partial charge in [-0.1, -0.05) is 6.08 Å². The highest BCUT2D eigenvalue weighted by Gasteiger charge is 2.46. The van der Waals surface area contributed by atoms with Gasteiger partial charge in [0, 0.05) is 57.2 Å². The van der Waals surface area contributed by atoms with E-state index in [9.17, 15) is 4.79 Å². The fraction of sp³-hybridized carbons (Fsp3) is 0.619. The van der Waals surface area contributed by atoms with E-state index < -0.39 is 0 Å². The fourth-order valence-electron chi connectivity index (χ4n) is 4.87. The number of fused-ring (bicyclic) bond motifs is 1. The Balaban J connectivity index is 1.50. The van der Waals surface area contributed by atoms with Gasteiger partial charge in [0.25, 0.3) is 0 Å². The van der Waals surface area contributed by atoms with Gasteiger partial charge in [0.15, 0.2) is 0 Å². The number of nitrogens with zero attached hydrogens (tertiary/aromatic N) is 3. The molecule has 3 aliphatic rings. The highest BCUT2D eigenvalue weighted by atomic mass is 16.5. The van der Waals surface area contributed by atoms with Crippen LogP contribution in [-0.2, 0) is 16.1 Å². The second kappa shape index (κ2) is 7.89. The molecule has 1 aromatic rings. The summed E-state index contributed by atoms with van der Waals surface area (Å²) in [6, 6.07) is 4.42. The molecule has 1 amide bonds. The molecule has 2 saturated heterocycles. The van der Waals surface area contributed by atoms with Crippen molar-refractivity contribution in [2.24, 2.45) is 5.92 Å². The van der Waals surface area contributed by atoms with Crippen LogP contribution in [0.3, 0.4) is 0 Å². The van der Waals surface area contributed by atoms with Crippen molar-refractivity contribution in [3.8, 4) is 0 Å². The van der Waals surface area contributed by atoms with Crippen LogP contribution >= 0.6 is 0 Å². The summed E-state index contributed by atoms with van der Waals surface area (Å²) in [6.07, 6.45) is 11.4. The van der Waals surface area contributed by atoms with Crippen molar-refractivity contribution >= 4 is 5.91 Å². The summed E-state index contributed by atoms with van der Waals surface area (Å²) in [6.45, 7) is 3.66. The zero-order chi connectivity index (χ0) is 17.9. The Bertz CT molecular complexity index is 660. The number of rotatable bonds is 4. The van der Waals surface area contributed by atoms with Crippen molar-refractivity contribution in [1.29, 1.82) is 0 Å². The van der Waals surface area contributed by atoms with Crippen LogP contribution < -0.4 is 0 Å². The number of amides is 1. The zero-order valence-electron chi connectivity index (χ0n) is 15.6. The molecule has 1 aliphatic carbocycles. The number of hydrogen-bond donors (Lipinski definition) is 0. The smallest absolute Gasteiger partial charge is 0.249 e. The van der Waals surface area contributed by atoms with E-state index in [4.69, 9.17) is 4.74 Å². The summed E-state index contributed by atoms with van der Waals surface area (Å²) in [5.41, 5.74) is 2.32. The SMILES string of the molecule is CO[C@@H]1CCN(C(=O)C2=CCCCC2)[C@@H]2CN(Cc3ccncc3)C[C@@H]21. The average Bonchev–Trinajstić information content (AvgIpc) is 3.11. The van der Waals surface area contributed by atoms with E-state index in [2.05, 4.69) is 33.0 Å². The Kier molecular flexibility index (Phi) is 5.36. The molecule has 2 fully saturated rings. The molecule has 0 spiro atoms. The van der Waals surface area contributed by atoms with Crippen molar-refractivity contribution in [2.45, 2.75) is 50.8 Å². The minimum absolute atomic E-state index is 0.256. The molecule has 140 valence electrons. The second-order valence-electron chi connectivity index (χ2n) is 7.82. The van der Waals surface area contributed by atoms with Gasteiger partial charge in [0.1, 0.15) is 0 Å². The van der Waals surface area contributed by atoms with Crippen molar-refractivity contribution in [3.05, 3.63) is 41.7 Å². The summed E-state index contributed by atoms with van der Waals surface area (Å²) >= 11 is 0. The first-order chi connectivity index (χ1) is 12.8. The molecule has 2 aliphatic heterocycles. The van der Waals surface area contributed by atoms with Gasteiger partial charge < -0.3 is 9.64 Å². The third kappa shape index (κ3) is 3.55. The molecule has 3 heterocycles. The van der Waals surface area contributed by atoms with E-state index in [0.29, 0.717) is 5.92 Å². The predicted octanol–water partition coefficient (Wildman–Crippen LogP) is 2.63. The molecule has 0 aromatic carbocycles. The van der Waals surface area contributed by atoms with Crippen molar-refractivity contribution in [1.82, 2.24) is 14.8 Å². The molecule has 1 aromatic heterocycles. The normalized spacial score (nSPS) is 29.3. The largest absolute Gasteiger partial charge is 0.381 e. The molecular formula is C21H29N3O2. The van der Waals surface area contributed by atoms with Gasteiger partial charge in [-0.05, 0) is 49.8 Å². The Morgan fingerprint density at radius 3 is 2.85 bits per heavy atom. The first-order valence-corrected chi connectivity index (χ1v) is 9.90. The summed E-state index contributed by atoms with van der Waals surface area (Å²) < 4.78 is 5.79. The summed E-state index contributed by atoms with van der Waals surface area (Å²) in [7, 11) is 1.81. The van der Waals surface area contributed by atoms with E-state index in [1.165, 1.54) is 12.0 Å². The van der Waals surface area contributed by atoms with Gasteiger partial charge in [-0.2, -0.15) is 0 Å². The van der Waals surface area contributed by atoms with Crippen LogP contribution in [0.5, 0.6) is 0 Å². The van der Waals surface area contributed by atoms with Crippen LogP contribution in [0, 0.1) is 5.92 Å². The molecule has 0 N–H and O–H groups in total. The van der Waals surface area contributed by atoms with Crippen LogP contribution in [0.15, 0.2) is 36.2 Å². The predicted molar refractivity (Wildman–Crippen MR) is 100 cm³/mol. The number of pyridine rings is 1. The van der Waals surface area contributed by atoms with E-state index in [0.717, 1.165) is 57.4 Å². The third-order valence-electron chi connectivity index (χ3n) is 6.23. The molecule has 4 rings (SSSR count). The Labute approximate surface area is 156 Å². The summed E-state index contributed by atoms with van der Waals surface area (Å²) in [5.74, 6) is 0.684. The lowest BCUT2D eigenvalue weighted by Gasteiger charge is -2.41. The molecule has 0 unspecified atom stereocenters. The van der Waals surface area contributed by atoms with E-state index in [-0.39, 0.29) is 18.1 Å². The quantitative estimate of drug-likeness (QED) is 0.833. The monoisotopic (exact) mass is 355 g/mol. The molecule has 3 atom stereocenters. The van der Waals surface area contributed by atoms with Crippen LogP contribution in [0.25, 0.3) is 0 Å². The zero-order valence-corrected chi connectivity index (χ0v) is 15.6. The van der Waals surface area contributed by atoms with Crippen molar-refractivity contribution in [3.63, 3.8) is 0 Å². The lowest BCUT2D eigenvalue weighted by atomic mass is 9.87. The lowest BCUT2D eigenvalue weighted by Crippen LogP contribution is -2.54. The van der Waals surface area contributed by atoms with Gasteiger partial charge in [0.05, 0.1) is 12.1 Å².